The minimum Gasteiger partial charge on any atom is -0.508 e. The van der Waals surface area contributed by atoms with Crippen molar-refractivity contribution >= 4 is 29.6 Å². The number of carboxylic acids is 1. The summed E-state index contributed by atoms with van der Waals surface area (Å²) in [6.45, 7) is -0.580. The fourth-order valence-corrected chi connectivity index (χ4v) is 3.73. The van der Waals surface area contributed by atoms with Gasteiger partial charge >= 0.3 is 5.97 Å². The molecule has 9 N–H and O–H groups in total. The summed E-state index contributed by atoms with van der Waals surface area (Å²) >= 11 is 0. The van der Waals surface area contributed by atoms with Crippen molar-refractivity contribution in [2.24, 2.45) is 11.5 Å². The Balaban J connectivity index is 2.03. The summed E-state index contributed by atoms with van der Waals surface area (Å²) < 4.78 is 0. The molecule has 4 unspecified atom stereocenters. The number of rotatable bonds is 12. The monoisotopic (exact) mass is 493 g/mol. The molecule has 1 aromatic rings. The van der Waals surface area contributed by atoms with Crippen molar-refractivity contribution in [3.63, 3.8) is 0 Å². The summed E-state index contributed by atoms with van der Waals surface area (Å²) in [5, 5.41) is 33.3. The third-order valence-corrected chi connectivity index (χ3v) is 5.66. The number of aliphatic carboxylic acids is 1. The predicted molar refractivity (Wildman–Crippen MR) is 122 cm³/mol. The van der Waals surface area contributed by atoms with Gasteiger partial charge in [0.2, 0.25) is 23.6 Å². The quantitative estimate of drug-likeness (QED) is 0.164. The number of carbonyl (C=O) groups is 5. The lowest BCUT2D eigenvalue weighted by Crippen LogP contribution is -2.58. The van der Waals surface area contributed by atoms with Gasteiger partial charge < -0.3 is 42.3 Å². The van der Waals surface area contributed by atoms with E-state index in [4.69, 9.17) is 11.5 Å². The van der Waals surface area contributed by atoms with Gasteiger partial charge in [-0.15, -0.1) is 0 Å². The number of aliphatic hydroxyl groups excluding tert-OH is 1. The Hall–Kier alpha value is -3.71. The normalized spacial score (nSPS) is 17.8. The first kappa shape index (κ1) is 27.5. The Bertz CT molecular complexity index is 938. The van der Waals surface area contributed by atoms with Gasteiger partial charge in [0.1, 0.15) is 23.9 Å². The van der Waals surface area contributed by atoms with Crippen LogP contribution in [0.15, 0.2) is 24.3 Å². The number of aromatic hydroxyl groups is 1. The highest BCUT2D eigenvalue weighted by molar-refractivity contribution is 5.94. The average Bonchev–Trinajstić information content (AvgIpc) is 3.31. The standard InChI is InChI=1S/C22H31N5O8/c23-14(7-8-18(24)30)19(31)26-16(11-28)21(33)27-9-1-2-17(27)20(32)25-15(22(34)35)10-12-3-5-13(29)6-4-12/h3-6,14-17,28-29H,1-2,7-11,23H2,(H2,24,30)(H,25,32)(H,26,31)(H,34,35). The van der Waals surface area contributed by atoms with E-state index in [0.717, 1.165) is 0 Å². The summed E-state index contributed by atoms with van der Waals surface area (Å²) in [5.41, 5.74) is 11.3. The molecule has 13 nitrogen and oxygen atoms in total. The Labute approximate surface area is 201 Å². The molecular formula is C22H31N5O8. The van der Waals surface area contributed by atoms with Crippen LogP contribution in [0.1, 0.15) is 31.2 Å². The van der Waals surface area contributed by atoms with Gasteiger partial charge in [-0.2, -0.15) is 0 Å². The van der Waals surface area contributed by atoms with E-state index in [1.54, 1.807) is 0 Å². The molecule has 0 aromatic heterocycles. The second kappa shape index (κ2) is 12.7. The van der Waals surface area contributed by atoms with E-state index in [9.17, 15) is 39.3 Å². The summed E-state index contributed by atoms with van der Waals surface area (Å²) in [6, 6.07) is 1.10. The molecule has 1 saturated heterocycles. The molecule has 1 aliphatic heterocycles. The van der Waals surface area contributed by atoms with E-state index in [1.807, 2.05) is 0 Å². The molecule has 13 heteroatoms. The first-order valence-corrected chi connectivity index (χ1v) is 11.1. The number of carboxylic acid groups (broad SMARTS) is 1. The van der Waals surface area contributed by atoms with Gasteiger partial charge in [-0.1, -0.05) is 12.1 Å². The lowest BCUT2D eigenvalue weighted by molar-refractivity contribution is -0.145. The van der Waals surface area contributed by atoms with Crippen LogP contribution in [0, 0.1) is 0 Å². The maximum Gasteiger partial charge on any atom is 0.326 e. The minimum atomic E-state index is -1.37. The number of nitrogens with one attached hydrogen (secondary N) is 2. The molecule has 35 heavy (non-hydrogen) atoms. The summed E-state index contributed by atoms with van der Waals surface area (Å²) in [7, 11) is 0. The second-order valence-corrected chi connectivity index (χ2v) is 8.31. The van der Waals surface area contributed by atoms with Crippen LogP contribution in [0.2, 0.25) is 0 Å². The first-order chi connectivity index (χ1) is 16.5. The highest BCUT2D eigenvalue weighted by Gasteiger charge is 2.39. The fraction of sp³-hybridized carbons (Fsp3) is 0.500. The SMILES string of the molecule is NC(=O)CCC(N)C(=O)NC(CO)C(=O)N1CCCC1C(=O)NC(Cc1ccc(O)cc1)C(=O)O. The Morgan fingerprint density at radius 1 is 1.09 bits per heavy atom. The molecule has 0 radical (unpaired) electrons. The maximum absolute atomic E-state index is 13.0. The van der Waals surface area contributed by atoms with Crippen LogP contribution < -0.4 is 22.1 Å². The molecule has 1 fully saturated rings. The van der Waals surface area contributed by atoms with Crippen LogP contribution in [0.5, 0.6) is 5.75 Å². The van der Waals surface area contributed by atoms with Gasteiger partial charge in [0, 0.05) is 19.4 Å². The van der Waals surface area contributed by atoms with Crippen LogP contribution in [-0.2, 0) is 30.4 Å². The zero-order valence-corrected chi connectivity index (χ0v) is 19.1. The number of primary amides is 1. The number of benzene rings is 1. The number of carbonyl (C=O) groups excluding carboxylic acids is 4. The molecule has 1 heterocycles. The second-order valence-electron chi connectivity index (χ2n) is 8.31. The van der Waals surface area contributed by atoms with E-state index >= 15 is 0 Å². The molecule has 0 bridgehead atoms. The number of hydrogen-bond acceptors (Lipinski definition) is 8. The van der Waals surface area contributed by atoms with Crippen LogP contribution in [0.3, 0.4) is 0 Å². The average molecular weight is 494 g/mol. The Morgan fingerprint density at radius 3 is 2.31 bits per heavy atom. The zero-order chi connectivity index (χ0) is 26.1. The molecule has 0 aliphatic carbocycles. The topological polar surface area (TPSA) is 225 Å². The number of hydrogen-bond donors (Lipinski definition) is 7. The van der Waals surface area contributed by atoms with Gasteiger partial charge in [0.25, 0.3) is 0 Å². The van der Waals surface area contributed by atoms with Crippen LogP contribution in [0.4, 0.5) is 0 Å². The lowest BCUT2D eigenvalue weighted by atomic mass is 10.0. The molecular weight excluding hydrogens is 462 g/mol. The minimum absolute atomic E-state index is 0.0177. The number of likely N-dealkylation sites (tertiary alicyclic amines) is 1. The fourth-order valence-electron chi connectivity index (χ4n) is 3.73. The largest absolute Gasteiger partial charge is 0.508 e. The van der Waals surface area contributed by atoms with Crippen molar-refractivity contribution in [2.75, 3.05) is 13.2 Å². The van der Waals surface area contributed by atoms with E-state index in [-0.39, 0.29) is 38.0 Å². The first-order valence-electron chi connectivity index (χ1n) is 11.1. The van der Waals surface area contributed by atoms with E-state index in [1.165, 1.54) is 29.2 Å². The summed E-state index contributed by atoms with van der Waals surface area (Å²) in [4.78, 5) is 61.9. The Morgan fingerprint density at radius 2 is 1.74 bits per heavy atom. The summed E-state index contributed by atoms with van der Waals surface area (Å²) in [6.07, 6.45) is 0.521. The van der Waals surface area contributed by atoms with Gasteiger partial charge in [0.15, 0.2) is 0 Å². The van der Waals surface area contributed by atoms with Crippen molar-refractivity contribution in [1.82, 2.24) is 15.5 Å². The van der Waals surface area contributed by atoms with E-state index in [0.29, 0.717) is 12.0 Å². The number of nitrogens with two attached hydrogens (primary N) is 2. The van der Waals surface area contributed by atoms with Crippen LogP contribution >= 0.6 is 0 Å². The molecule has 4 amide bonds. The van der Waals surface area contributed by atoms with Crippen molar-refractivity contribution in [3.05, 3.63) is 29.8 Å². The number of nitrogens with zero attached hydrogens (tertiary/aromatic N) is 1. The molecule has 0 spiro atoms. The van der Waals surface area contributed by atoms with Crippen LogP contribution in [-0.4, -0.2) is 87.1 Å². The number of amides is 4. The smallest absolute Gasteiger partial charge is 0.326 e. The zero-order valence-electron chi connectivity index (χ0n) is 19.1. The Kier molecular flexibility index (Phi) is 9.97. The lowest BCUT2D eigenvalue weighted by Gasteiger charge is -2.29. The summed E-state index contributed by atoms with van der Waals surface area (Å²) in [5.74, 6) is -4.05. The maximum atomic E-state index is 13.0. The van der Waals surface area contributed by atoms with Gasteiger partial charge in [-0.25, -0.2) is 4.79 Å². The van der Waals surface area contributed by atoms with Crippen molar-refractivity contribution < 1.29 is 39.3 Å². The molecule has 4 atom stereocenters. The van der Waals surface area contributed by atoms with Crippen molar-refractivity contribution in [3.8, 4) is 5.75 Å². The van der Waals surface area contributed by atoms with Gasteiger partial charge in [-0.3, -0.25) is 19.2 Å². The number of phenols is 1. The number of aliphatic hydroxyl groups is 1. The van der Waals surface area contributed by atoms with E-state index in [2.05, 4.69) is 10.6 Å². The van der Waals surface area contributed by atoms with Crippen LogP contribution in [0.25, 0.3) is 0 Å². The molecule has 1 aromatic carbocycles. The highest BCUT2D eigenvalue weighted by atomic mass is 16.4. The molecule has 0 saturated carbocycles. The van der Waals surface area contributed by atoms with Crippen molar-refractivity contribution in [2.45, 2.75) is 56.3 Å². The van der Waals surface area contributed by atoms with Crippen molar-refractivity contribution in [1.29, 1.82) is 0 Å². The predicted octanol–water partition coefficient (Wildman–Crippen LogP) is -2.43. The highest BCUT2D eigenvalue weighted by Crippen LogP contribution is 2.19. The molecule has 2 rings (SSSR count). The molecule has 1 aliphatic rings. The third kappa shape index (κ3) is 7.93. The van der Waals surface area contributed by atoms with E-state index < -0.39 is 60.4 Å². The number of phenolic OH excluding ortho intramolecular Hbond substituents is 1. The van der Waals surface area contributed by atoms with Gasteiger partial charge in [0.05, 0.1) is 12.6 Å². The third-order valence-electron chi connectivity index (χ3n) is 5.66. The molecule has 192 valence electrons. The van der Waals surface area contributed by atoms with Gasteiger partial charge in [-0.05, 0) is 37.0 Å².